The molecule has 1 N–H and O–H groups in total. The second kappa shape index (κ2) is 25.9. The molecule has 60 heavy (non-hydrogen) atoms. The van der Waals surface area contributed by atoms with Gasteiger partial charge in [0.15, 0.2) is 43.6 Å². The number of thiazole rings is 2. The van der Waals surface area contributed by atoms with Crippen molar-refractivity contribution in [1.29, 1.82) is 0 Å². The van der Waals surface area contributed by atoms with Gasteiger partial charge in [0.25, 0.3) is 0 Å². The van der Waals surface area contributed by atoms with E-state index in [9.17, 15) is 9.59 Å². The first-order valence-corrected chi connectivity index (χ1v) is 21.7. The molecule has 2 saturated heterocycles. The minimum Gasteiger partial charge on any atom is -0.493 e. The number of rotatable bonds is 13. The Morgan fingerprint density at radius 3 is 1.72 bits per heavy atom. The van der Waals surface area contributed by atoms with Crippen LogP contribution in [0.15, 0.2) is 101 Å². The van der Waals surface area contributed by atoms with Gasteiger partial charge in [-0.05, 0) is 115 Å². The number of hydrogen-bond acceptors (Lipinski definition) is 12. The SMILES string of the molecule is Brc1nc2ccccc2s1.C.C.C.COc1ccccc1OCC(=O)CC1CCCN(c2nc3ccccc3s2)C1.COc1ccccc1OCC(=O)CC1CCCNC1. The van der Waals surface area contributed by atoms with Crippen LogP contribution >= 0.6 is 38.6 Å². The van der Waals surface area contributed by atoms with Crippen LogP contribution < -0.4 is 29.2 Å². The second-order valence-electron chi connectivity index (χ2n) is 13.9. The molecule has 4 heterocycles. The molecule has 2 aliphatic rings. The third-order valence-corrected chi connectivity index (χ3v) is 12.3. The Morgan fingerprint density at radius 1 is 0.683 bits per heavy atom. The molecule has 0 saturated carbocycles. The molecule has 2 fully saturated rings. The zero-order valence-electron chi connectivity index (χ0n) is 32.4. The van der Waals surface area contributed by atoms with E-state index in [0.717, 1.165) is 71.9 Å². The van der Waals surface area contributed by atoms with Gasteiger partial charge in [-0.3, -0.25) is 9.59 Å². The Hall–Kier alpha value is -4.56. The van der Waals surface area contributed by atoms with Crippen LogP contribution in [0.5, 0.6) is 23.0 Å². The van der Waals surface area contributed by atoms with Crippen LogP contribution in [0.2, 0.25) is 0 Å². The number of nitrogens with zero attached hydrogens (tertiary/aromatic N) is 3. The highest BCUT2D eigenvalue weighted by atomic mass is 79.9. The van der Waals surface area contributed by atoms with Crippen LogP contribution in [-0.4, -0.2) is 75.1 Å². The molecule has 10 nitrogen and oxygen atoms in total. The smallest absolute Gasteiger partial charge is 0.186 e. The number of Topliss-reactive ketones (excluding diaryl/α,β-unsaturated/α-hetero) is 2. The van der Waals surface area contributed by atoms with Gasteiger partial charge in [-0.2, -0.15) is 0 Å². The number of methoxy groups -OCH3 is 2. The number of carbonyl (C=O) groups excluding carboxylic acids is 2. The van der Waals surface area contributed by atoms with Crippen molar-refractivity contribution in [3.8, 4) is 23.0 Å². The average Bonchev–Trinajstić information content (AvgIpc) is 3.86. The van der Waals surface area contributed by atoms with E-state index in [0.29, 0.717) is 47.7 Å². The molecule has 13 heteroatoms. The lowest BCUT2D eigenvalue weighted by atomic mass is 9.93. The fourth-order valence-electron chi connectivity index (χ4n) is 6.90. The highest BCUT2D eigenvalue weighted by molar-refractivity contribution is 9.11. The van der Waals surface area contributed by atoms with Crippen LogP contribution in [0.25, 0.3) is 20.4 Å². The minimum atomic E-state index is 0. The summed E-state index contributed by atoms with van der Waals surface area (Å²) in [6.07, 6.45) is 5.58. The molecule has 4 aromatic carbocycles. The molecule has 0 radical (unpaired) electrons. The largest absolute Gasteiger partial charge is 0.493 e. The number of carbonyl (C=O) groups is 2. The van der Waals surface area contributed by atoms with Gasteiger partial charge in [-0.1, -0.05) is 82.1 Å². The summed E-state index contributed by atoms with van der Waals surface area (Å²) >= 11 is 6.72. The number of para-hydroxylation sites is 6. The van der Waals surface area contributed by atoms with E-state index >= 15 is 0 Å². The number of halogens is 1. The third kappa shape index (κ3) is 14.9. The van der Waals surface area contributed by atoms with E-state index in [-0.39, 0.29) is 47.1 Å². The molecule has 324 valence electrons. The van der Waals surface area contributed by atoms with Crippen molar-refractivity contribution < 1.29 is 28.5 Å². The van der Waals surface area contributed by atoms with E-state index in [1.54, 1.807) is 36.9 Å². The monoisotopic (exact) mass is 920 g/mol. The molecular formula is C47H61BrN4O6S2. The quantitative estimate of drug-likeness (QED) is 0.120. The molecule has 2 aromatic heterocycles. The highest BCUT2D eigenvalue weighted by Crippen LogP contribution is 2.33. The highest BCUT2D eigenvalue weighted by Gasteiger charge is 2.25. The van der Waals surface area contributed by atoms with Gasteiger partial charge in [0, 0.05) is 25.9 Å². The van der Waals surface area contributed by atoms with Gasteiger partial charge < -0.3 is 29.2 Å². The lowest BCUT2D eigenvalue weighted by Gasteiger charge is -2.32. The predicted octanol–water partition coefficient (Wildman–Crippen LogP) is 11.6. The Labute approximate surface area is 372 Å². The van der Waals surface area contributed by atoms with Gasteiger partial charge in [-0.25, -0.2) is 9.97 Å². The fraction of sp³-hybridized carbons (Fsp3) is 0.404. The lowest BCUT2D eigenvalue weighted by molar-refractivity contribution is -0.122. The maximum absolute atomic E-state index is 12.5. The number of aromatic nitrogens is 2. The standard InChI is InChI=1S/C22H24N2O3S.C15H21NO3.C7H4BrNS.3CH4/c1-26-19-9-3-4-10-20(19)27-15-17(25)13-16-7-6-12-24(14-16)22-23-18-8-2-5-11-21(18)28-22;1-18-14-6-2-3-7-15(14)19-11-13(17)9-12-5-4-8-16-10-12;8-7-9-5-3-1-2-4-6(5)10-7;;;/h2-5,8-11,16H,6-7,12-15H2,1H3;2-3,6-7,12,16H,4-5,8-11H2,1H3;1-4H;3*1H4. The van der Waals surface area contributed by atoms with Crippen LogP contribution in [0.4, 0.5) is 5.13 Å². The van der Waals surface area contributed by atoms with Gasteiger partial charge >= 0.3 is 0 Å². The number of fused-ring (bicyclic) bond motifs is 2. The van der Waals surface area contributed by atoms with E-state index in [4.69, 9.17) is 23.9 Å². The molecule has 0 spiro atoms. The Bertz CT molecular complexity index is 2120. The summed E-state index contributed by atoms with van der Waals surface area (Å²) in [6, 6.07) is 31.1. The van der Waals surface area contributed by atoms with Crippen LogP contribution in [-0.2, 0) is 9.59 Å². The van der Waals surface area contributed by atoms with Gasteiger partial charge in [-0.15, -0.1) is 11.3 Å². The van der Waals surface area contributed by atoms with Crippen LogP contribution in [0, 0.1) is 11.8 Å². The van der Waals surface area contributed by atoms with Crippen molar-refractivity contribution in [2.45, 2.75) is 60.8 Å². The number of anilines is 1. The third-order valence-electron chi connectivity index (χ3n) is 9.69. The van der Waals surface area contributed by atoms with Gasteiger partial charge in [0.05, 0.1) is 34.7 Å². The maximum Gasteiger partial charge on any atom is 0.186 e. The van der Waals surface area contributed by atoms with Crippen molar-refractivity contribution >= 4 is 75.7 Å². The Morgan fingerprint density at radius 2 is 1.18 bits per heavy atom. The van der Waals surface area contributed by atoms with Crippen LogP contribution in [0.1, 0.15) is 60.8 Å². The molecule has 2 aliphatic heterocycles. The predicted molar refractivity (Wildman–Crippen MR) is 254 cm³/mol. The summed E-state index contributed by atoms with van der Waals surface area (Å²) in [5, 5.41) is 4.38. The molecular weight excluding hydrogens is 861 g/mol. The molecule has 8 rings (SSSR count). The molecule has 0 amide bonds. The van der Waals surface area contributed by atoms with E-state index in [2.05, 4.69) is 49.3 Å². The summed E-state index contributed by atoms with van der Waals surface area (Å²) in [5.74, 6) is 3.63. The zero-order chi connectivity index (χ0) is 39.8. The van der Waals surface area contributed by atoms with Crippen molar-refractivity contribution in [1.82, 2.24) is 15.3 Å². The molecule has 6 aromatic rings. The zero-order valence-corrected chi connectivity index (χ0v) is 35.6. The van der Waals surface area contributed by atoms with E-state index in [1.165, 1.54) is 9.40 Å². The first kappa shape index (κ1) is 49.8. The molecule has 2 atom stereocenters. The lowest BCUT2D eigenvalue weighted by Crippen LogP contribution is -2.36. The summed E-state index contributed by atoms with van der Waals surface area (Å²) in [4.78, 5) is 35.7. The van der Waals surface area contributed by atoms with Crippen molar-refractivity contribution in [3.05, 3.63) is 101 Å². The Balaban J connectivity index is 0.000000260. The van der Waals surface area contributed by atoms with Crippen LogP contribution in [0.3, 0.4) is 0 Å². The summed E-state index contributed by atoms with van der Waals surface area (Å²) in [7, 11) is 3.19. The number of ketones is 2. The van der Waals surface area contributed by atoms with E-state index in [1.807, 2.05) is 78.9 Å². The maximum atomic E-state index is 12.5. The average molecular weight is 922 g/mol. The molecule has 0 bridgehead atoms. The molecule has 2 unspecified atom stereocenters. The number of ether oxygens (including phenoxy) is 4. The normalized spacial score (nSPS) is 15.6. The number of benzene rings is 4. The minimum absolute atomic E-state index is 0. The Kier molecular flexibility index (Phi) is 21.5. The summed E-state index contributed by atoms with van der Waals surface area (Å²) < 4.78 is 25.1. The van der Waals surface area contributed by atoms with Crippen molar-refractivity contribution in [2.24, 2.45) is 11.8 Å². The van der Waals surface area contributed by atoms with Crippen molar-refractivity contribution in [3.63, 3.8) is 0 Å². The summed E-state index contributed by atoms with van der Waals surface area (Å²) in [6.45, 7) is 4.10. The summed E-state index contributed by atoms with van der Waals surface area (Å²) in [5.41, 5.74) is 2.12. The first-order valence-electron chi connectivity index (χ1n) is 19.3. The van der Waals surface area contributed by atoms with Crippen molar-refractivity contribution in [2.75, 3.05) is 58.5 Å². The van der Waals surface area contributed by atoms with Gasteiger partial charge in [0.2, 0.25) is 0 Å². The second-order valence-corrected chi connectivity index (χ2v) is 17.2. The fourth-order valence-corrected chi connectivity index (χ4v) is 9.30. The number of hydrogen-bond donors (Lipinski definition) is 1. The first-order chi connectivity index (χ1) is 27.9. The number of nitrogens with one attached hydrogen (secondary N) is 1. The van der Waals surface area contributed by atoms with E-state index < -0.39 is 0 Å². The number of piperidine rings is 2. The van der Waals surface area contributed by atoms with Gasteiger partial charge in [0.1, 0.15) is 13.2 Å². The topological polar surface area (TPSA) is 112 Å². The molecule has 0 aliphatic carbocycles.